The van der Waals surface area contributed by atoms with Crippen molar-refractivity contribution in [2.45, 2.75) is 25.8 Å². The van der Waals surface area contributed by atoms with E-state index in [-0.39, 0.29) is 17.9 Å². The van der Waals surface area contributed by atoms with Gasteiger partial charge in [-0.1, -0.05) is 6.92 Å². The minimum absolute atomic E-state index is 0.0335. The van der Waals surface area contributed by atoms with Gasteiger partial charge in [0.15, 0.2) is 11.5 Å². The molecule has 0 aromatic carbocycles. The lowest BCUT2D eigenvalue weighted by Gasteiger charge is -2.24. The number of hydrogen-bond acceptors (Lipinski definition) is 5. The number of nitrogens with one attached hydrogen (secondary N) is 1. The Hall–Kier alpha value is -2.18. The van der Waals surface area contributed by atoms with Crippen LogP contribution in [0.25, 0.3) is 0 Å². The van der Waals surface area contributed by atoms with Gasteiger partial charge in [0.1, 0.15) is 5.54 Å². The van der Waals surface area contributed by atoms with Crippen LogP contribution in [-0.4, -0.2) is 32.5 Å². The Balaban J connectivity index is 2.93. The number of aromatic nitrogens is 2. The maximum absolute atomic E-state index is 11.8. The Kier molecular flexibility index (Phi) is 3.62. The molecule has 0 fully saturated rings. The summed E-state index contributed by atoms with van der Waals surface area (Å²) in [6, 6.07) is 0. The van der Waals surface area contributed by atoms with Crippen molar-refractivity contribution in [1.82, 2.24) is 15.3 Å². The highest BCUT2D eigenvalue weighted by atomic mass is 16.4. The summed E-state index contributed by atoms with van der Waals surface area (Å²) in [5.41, 5.74) is 4.05. The third-order valence-electron chi connectivity index (χ3n) is 2.51. The van der Waals surface area contributed by atoms with Gasteiger partial charge in [-0.3, -0.25) is 4.79 Å². The van der Waals surface area contributed by atoms with Crippen LogP contribution in [-0.2, 0) is 4.79 Å². The molecule has 0 spiro atoms. The molecule has 4 N–H and O–H groups in total. The van der Waals surface area contributed by atoms with Crippen LogP contribution < -0.4 is 11.1 Å². The van der Waals surface area contributed by atoms with Crippen molar-refractivity contribution in [2.24, 2.45) is 0 Å². The lowest BCUT2D eigenvalue weighted by atomic mass is 9.99. The average Bonchev–Trinajstić information content (AvgIpc) is 2.29. The fraction of sp³-hybridized carbons (Fsp3) is 0.400. The minimum atomic E-state index is -1.35. The third kappa shape index (κ3) is 2.68. The summed E-state index contributed by atoms with van der Waals surface area (Å²) in [5, 5.41) is 11.4. The second-order valence-electron chi connectivity index (χ2n) is 3.74. The summed E-state index contributed by atoms with van der Waals surface area (Å²) >= 11 is 0. The number of amides is 1. The fourth-order valence-corrected chi connectivity index (χ4v) is 1.13. The maximum Gasteiger partial charge on any atom is 0.329 e. The number of rotatable bonds is 4. The summed E-state index contributed by atoms with van der Waals surface area (Å²) < 4.78 is 0. The van der Waals surface area contributed by atoms with Crippen LogP contribution in [0.5, 0.6) is 0 Å². The maximum atomic E-state index is 11.8. The molecule has 1 amide bonds. The average molecular weight is 238 g/mol. The molecule has 0 radical (unpaired) electrons. The first kappa shape index (κ1) is 12.9. The number of nitrogens with two attached hydrogens (primary N) is 1. The number of carbonyl (C=O) groups is 2. The van der Waals surface area contributed by atoms with E-state index in [1.165, 1.54) is 19.3 Å². The Labute approximate surface area is 98.1 Å². The van der Waals surface area contributed by atoms with Crippen molar-refractivity contribution in [2.75, 3.05) is 5.73 Å². The number of carbonyl (C=O) groups excluding carboxylic acids is 1. The van der Waals surface area contributed by atoms with Gasteiger partial charge in [0.25, 0.3) is 5.91 Å². The summed E-state index contributed by atoms with van der Waals surface area (Å²) in [5.74, 6) is -1.80. The molecule has 0 aliphatic carbocycles. The summed E-state index contributed by atoms with van der Waals surface area (Å²) in [6.07, 6.45) is 2.91. The number of nitrogen functional groups attached to an aromatic ring is 1. The monoisotopic (exact) mass is 238 g/mol. The Morgan fingerprint density at radius 2 is 2.06 bits per heavy atom. The molecule has 0 bridgehead atoms. The molecule has 1 aromatic heterocycles. The molecular weight excluding hydrogens is 224 g/mol. The molecule has 1 unspecified atom stereocenters. The lowest BCUT2D eigenvalue weighted by molar-refractivity contribution is -0.143. The van der Waals surface area contributed by atoms with Gasteiger partial charge in [0.05, 0.1) is 0 Å². The van der Waals surface area contributed by atoms with Gasteiger partial charge >= 0.3 is 5.97 Å². The lowest BCUT2D eigenvalue weighted by Crippen LogP contribution is -2.52. The number of nitrogens with zero attached hydrogens (tertiary/aromatic N) is 2. The molecular formula is C10H14N4O3. The highest BCUT2D eigenvalue weighted by Crippen LogP contribution is 2.12. The molecule has 0 saturated heterocycles. The van der Waals surface area contributed by atoms with Crippen LogP contribution in [0.2, 0.25) is 0 Å². The summed E-state index contributed by atoms with van der Waals surface area (Å²) in [7, 11) is 0. The van der Waals surface area contributed by atoms with Crippen molar-refractivity contribution < 1.29 is 14.7 Å². The van der Waals surface area contributed by atoms with Crippen LogP contribution >= 0.6 is 0 Å². The molecule has 7 nitrogen and oxygen atoms in total. The normalized spacial score (nSPS) is 13.8. The van der Waals surface area contributed by atoms with Gasteiger partial charge in [-0.2, -0.15) is 0 Å². The van der Waals surface area contributed by atoms with Gasteiger partial charge in [-0.05, 0) is 13.3 Å². The zero-order chi connectivity index (χ0) is 13.1. The second-order valence-corrected chi connectivity index (χ2v) is 3.74. The first-order valence-corrected chi connectivity index (χ1v) is 5.03. The van der Waals surface area contributed by atoms with Crippen molar-refractivity contribution >= 4 is 17.7 Å². The van der Waals surface area contributed by atoms with Crippen molar-refractivity contribution in [3.8, 4) is 0 Å². The van der Waals surface area contributed by atoms with E-state index in [1.54, 1.807) is 6.92 Å². The third-order valence-corrected chi connectivity index (χ3v) is 2.51. The second kappa shape index (κ2) is 4.77. The van der Waals surface area contributed by atoms with Crippen molar-refractivity contribution in [3.63, 3.8) is 0 Å². The Morgan fingerprint density at radius 3 is 2.53 bits per heavy atom. The number of anilines is 1. The molecule has 0 saturated carbocycles. The summed E-state index contributed by atoms with van der Waals surface area (Å²) in [4.78, 5) is 30.3. The Bertz CT molecular complexity index is 449. The van der Waals surface area contributed by atoms with Crippen LogP contribution in [0.15, 0.2) is 12.4 Å². The first-order chi connectivity index (χ1) is 7.90. The zero-order valence-electron chi connectivity index (χ0n) is 9.60. The number of aliphatic carboxylic acids is 1. The fourth-order valence-electron chi connectivity index (χ4n) is 1.13. The van der Waals surface area contributed by atoms with E-state index in [9.17, 15) is 9.59 Å². The van der Waals surface area contributed by atoms with Crippen LogP contribution in [0.1, 0.15) is 30.8 Å². The molecule has 17 heavy (non-hydrogen) atoms. The van der Waals surface area contributed by atoms with E-state index < -0.39 is 17.4 Å². The topological polar surface area (TPSA) is 118 Å². The first-order valence-electron chi connectivity index (χ1n) is 5.03. The number of carboxylic acids is 1. The van der Waals surface area contributed by atoms with Crippen LogP contribution in [0.3, 0.4) is 0 Å². The number of hydrogen-bond donors (Lipinski definition) is 3. The van der Waals surface area contributed by atoms with E-state index in [1.807, 2.05) is 0 Å². The molecule has 1 atom stereocenters. The highest BCUT2D eigenvalue weighted by Gasteiger charge is 2.33. The molecule has 7 heteroatoms. The van der Waals surface area contributed by atoms with Gasteiger partial charge in [-0.15, -0.1) is 0 Å². The minimum Gasteiger partial charge on any atom is -0.480 e. The van der Waals surface area contributed by atoms with E-state index in [4.69, 9.17) is 10.8 Å². The molecule has 1 rings (SSSR count). The predicted molar refractivity (Wildman–Crippen MR) is 60.2 cm³/mol. The van der Waals surface area contributed by atoms with Gasteiger partial charge in [0.2, 0.25) is 0 Å². The largest absolute Gasteiger partial charge is 0.480 e. The van der Waals surface area contributed by atoms with E-state index in [2.05, 4.69) is 15.3 Å². The zero-order valence-corrected chi connectivity index (χ0v) is 9.60. The van der Waals surface area contributed by atoms with Crippen molar-refractivity contribution in [3.05, 3.63) is 18.1 Å². The molecule has 92 valence electrons. The summed E-state index contributed by atoms with van der Waals surface area (Å²) in [6.45, 7) is 3.08. The van der Waals surface area contributed by atoms with E-state index in [0.717, 1.165) is 0 Å². The van der Waals surface area contributed by atoms with E-state index >= 15 is 0 Å². The van der Waals surface area contributed by atoms with Gasteiger partial charge in [-0.25, -0.2) is 14.8 Å². The van der Waals surface area contributed by atoms with Gasteiger partial charge in [0, 0.05) is 12.4 Å². The van der Waals surface area contributed by atoms with E-state index in [0.29, 0.717) is 0 Å². The number of carboxylic acid groups (broad SMARTS) is 1. The smallest absolute Gasteiger partial charge is 0.329 e. The highest BCUT2D eigenvalue weighted by molar-refractivity contribution is 5.99. The molecule has 1 heterocycles. The quantitative estimate of drug-likeness (QED) is 0.681. The Morgan fingerprint density at radius 1 is 1.47 bits per heavy atom. The molecule has 0 aliphatic rings. The van der Waals surface area contributed by atoms with Crippen molar-refractivity contribution in [1.29, 1.82) is 0 Å². The molecule has 0 aliphatic heterocycles. The van der Waals surface area contributed by atoms with Crippen LogP contribution in [0.4, 0.5) is 5.82 Å². The standard InChI is InChI=1S/C10H14N4O3/c1-3-10(2,9(16)17)14-8(15)6-7(11)13-5-4-12-6/h4-5H,3H2,1-2H3,(H2,11,13)(H,14,15)(H,16,17). The predicted octanol–water partition coefficient (Wildman–Crippen LogP) is 0.0419. The van der Waals surface area contributed by atoms with Gasteiger partial charge < -0.3 is 16.2 Å². The SMILES string of the molecule is CCC(C)(NC(=O)c1nccnc1N)C(=O)O. The molecule has 1 aromatic rings. The van der Waals surface area contributed by atoms with Crippen LogP contribution in [0, 0.1) is 0 Å².